The first-order chi connectivity index (χ1) is 12.1. The van der Waals surface area contributed by atoms with Crippen LogP contribution in [-0.2, 0) is 28.2 Å². The second-order valence-corrected chi connectivity index (χ2v) is 12.9. The number of ether oxygens (including phenoxy) is 4. The van der Waals surface area contributed by atoms with Crippen molar-refractivity contribution in [2.24, 2.45) is 11.1 Å². The molecule has 0 aromatic carbocycles. The van der Waals surface area contributed by atoms with Crippen LogP contribution in [0.5, 0.6) is 0 Å². The van der Waals surface area contributed by atoms with Crippen LogP contribution in [0.2, 0.25) is 18.1 Å². The van der Waals surface area contributed by atoms with E-state index >= 15 is 0 Å². The lowest BCUT2D eigenvalue weighted by Crippen LogP contribution is -2.59. The number of methoxy groups -OCH3 is 2. The smallest absolute Gasteiger partial charge is 0.438 e. The number of nitrogens with zero attached hydrogens (tertiary/aromatic N) is 1. The van der Waals surface area contributed by atoms with E-state index in [0.29, 0.717) is 13.0 Å². The van der Waals surface area contributed by atoms with Crippen molar-refractivity contribution >= 4 is 20.2 Å². The summed E-state index contributed by atoms with van der Waals surface area (Å²) in [5.74, 6) is -0.0684. The molecule has 4 unspecified atom stereocenters. The third-order valence-corrected chi connectivity index (χ3v) is 9.87. The van der Waals surface area contributed by atoms with Crippen molar-refractivity contribution in [2.75, 3.05) is 27.6 Å². The Bertz CT molecular complexity index is 532. The Kier molecular flexibility index (Phi) is 6.70. The normalized spacial score (nSPS) is 28.8. The number of fused-ring (bicyclic) bond motifs is 1. The Morgan fingerprint density at radius 3 is 2.54 bits per heavy atom. The van der Waals surface area contributed by atoms with Crippen LogP contribution in [0.25, 0.3) is 0 Å². The Labute approximate surface area is 156 Å². The van der Waals surface area contributed by atoms with Gasteiger partial charge in [0.05, 0.1) is 24.8 Å². The van der Waals surface area contributed by atoms with Crippen molar-refractivity contribution in [3.63, 3.8) is 0 Å². The Morgan fingerprint density at radius 1 is 1.27 bits per heavy atom. The number of oxime groups is 1. The summed E-state index contributed by atoms with van der Waals surface area (Å²) in [5, 5.41) is 4.15. The summed E-state index contributed by atoms with van der Waals surface area (Å²) in [5.41, 5.74) is 0.875. The number of carbonyl (C=O) groups excluding carboxylic acids is 1. The summed E-state index contributed by atoms with van der Waals surface area (Å²) in [7, 11) is 0.681. The van der Waals surface area contributed by atoms with Crippen molar-refractivity contribution in [3.05, 3.63) is 0 Å². The Morgan fingerprint density at radius 2 is 1.96 bits per heavy atom. The lowest BCUT2D eigenvalue weighted by molar-refractivity contribution is -0.151. The molecule has 150 valence electrons. The van der Waals surface area contributed by atoms with Crippen molar-refractivity contribution in [2.45, 2.75) is 63.6 Å². The second kappa shape index (κ2) is 8.24. The first-order valence-corrected chi connectivity index (χ1v) is 11.7. The second-order valence-electron chi connectivity index (χ2n) is 8.18. The molecule has 0 aromatic rings. The van der Waals surface area contributed by atoms with Crippen LogP contribution in [0.4, 0.5) is 4.79 Å². The van der Waals surface area contributed by atoms with Crippen molar-refractivity contribution in [1.29, 1.82) is 0 Å². The van der Waals surface area contributed by atoms with Crippen molar-refractivity contribution in [3.8, 4) is 0 Å². The van der Waals surface area contributed by atoms with Gasteiger partial charge in [-0.25, -0.2) is 4.79 Å². The van der Waals surface area contributed by atoms with Gasteiger partial charge < -0.3 is 28.2 Å². The summed E-state index contributed by atoms with van der Waals surface area (Å²) < 4.78 is 27.7. The molecule has 2 rings (SSSR count). The largest absolute Gasteiger partial charge is 0.508 e. The molecule has 1 fully saturated rings. The first-order valence-electron chi connectivity index (χ1n) is 8.82. The fraction of sp³-hybridized carbons (Fsp3) is 0.882. The van der Waals surface area contributed by atoms with E-state index in [-0.39, 0.29) is 17.7 Å². The van der Waals surface area contributed by atoms with Gasteiger partial charge in [-0.2, -0.15) is 0 Å². The zero-order valence-electron chi connectivity index (χ0n) is 16.7. The van der Waals surface area contributed by atoms with Gasteiger partial charge >= 0.3 is 6.16 Å². The van der Waals surface area contributed by atoms with Crippen LogP contribution in [0.15, 0.2) is 5.16 Å². The molecule has 0 bridgehead atoms. The number of carbonyl (C=O) groups is 1. The molecule has 1 aliphatic heterocycles. The van der Waals surface area contributed by atoms with E-state index in [9.17, 15) is 4.79 Å². The molecule has 0 N–H and O–H groups in total. The lowest BCUT2D eigenvalue weighted by atomic mass is 9.81. The first kappa shape index (κ1) is 21.1. The molecule has 8 nitrogen and oxygen atoms in total. The minimum Gasteiger partial charge on any atom is -0.438 e. The third-order valence-electron chi connectivity index (χ3n) is 5.40. The highest BCUT2D eigenvalue weighted by Gasteiger charge is 2.52. The monoisotopic (exact) mass is 389 g/mol. The van der Waals surface area contributed by atoms with Gasteiger partial charge in [0.25, 0.3) is 0 Å². The van der Waals surface area contributed by atoms with Crippen LogP contribution in [0.3, 0.4) is 0 Å². The van der Waals surface area contributed by atoms with Crippen LogP contribution in [0, 0.1) is 5.92 Å². The summed E-state index contributed by atoms with van der Waals surface area (Å²) in [6, 6.07) is 0. The minimum absolute atomic E-state index is 0.0000859. The highest BCUT2D eigenvalue weighted by molar-refractivity contribution is 6.74. The zero-order valence-corrected chi connectivity index (χ0v) is 17.7. The average molecular weight is 390 g/mol. The van der Waals surface area contributed by atoms with Crippen LogP contribution < -0.4 is 0 Å². The van der Waals surface area contributed by atoms with E-state index in [1.54, 1.807) is 7.11 Å². The fourth-order valence-electron chi connectivity index (χ4n) is 2.88. The Balaban J connectivity index is 2.32. The average Bonchev–Trinajstić information content (AvgIpc) is 3.02. The summed E-state index contributed by atoms with van der Waals surface area (Å²) in [6.07, 6.45) is -1.75. The maximum Gasteiger partial charge on any atom is 0.508 e. The van der Waals surface area contributed by atoms with Crippen LogP contribution in [-0.4, -0.2) is 66.1 Å². The van der Waals surface area contributed by atoms with Gasteiger partial charge in [-0.05, 0) is 18.1 Å². The molecule has 1 heterocycles. The van der Waals surface area contributed by atoms with Gasteiger partial charge in [0.2, 0.25) is 0 Å². The highest BCUT2D eigenvalue weighted by atomic mass is 28.4. The zero-order chi connectivity index (χ0) is 19.5. The summed E-state index contributed by atoms with van der Waals surface area (Å²) >= 11 is 0. The van der Waals surface area contributed by atoms with E-state index in [4.69, 9.17) is 28.2 Å². The SMILES string of the molecule is COCOC1CC2=NOCC2C(O[Si](C)(C)C(C)(C)C)C1OC(=O)OC. The van der Waals surface area contributed by atoms with Crippen LogP contribution >= 0.6 is 0 Å². The molecule has 26 heavy (non-hydrogen) atoms. The van der Waals surface area contributed by atoms with Gasteiger partial charge in [0.1, 0.15) is 19.5 Å². The predicted octanol–water partition coefficient (Wildman–Crippen LogP) is 2.92. The molecule has 0 radical (unpaired) electrons. The molecular weight excluding hydrogens is 358 g/mol. The van der Waals surface area contributed by atoms with Gasteiger partial charge in [0, 0.05) is 13.5 Å². The van der Waals surface area contributed by atoms with E-state index < -0.39 is 32.8 Å². The number of hydrogen-bond donors (Lipinski definition) is 0. The maximum atomic E-state index is 11.9. The fourth-order valence-corrected chi connectivity index (χ4v) is 4.21. The highest BCUT2D eigenvalue weighted by Crippen LogP contribution is 2.42. The molecule has 2 aliphatic rings. The molecule has 4 atom stereocenters. The lowest BCUT2D eigenvalue weighted by Gasteiger charge is -2.46. The summed E-state index contributed by atoms with van der Waals surface area (Å²) in [4.78, 5) is 17.2. The maximum absolute atomic E-state index is 11.9. The number of rotatable bonds is 6. The number of hydrogen-bond acceptors (Lipinski definition) is 8. The van der Waals surface area contributed by atoms with Crippen molar-refractivity contribution < 1.29 is 33.0 Å². The van der Waals surface area contributed by atoms with Gasteiger partial charge in [-0.1, -0.05) is 25.9 Å². The van der Waals surface area contributed by atoms with E-state index in [0.717, 1.165) is 5.71 Å². The van der Waals surface area contributed by atoms with Gasteiger partial charge in [0.15, 0.2) is 14.4 Å². The van der Waals surface area contributed by atoms with Gasteiger partial charge in [-0.3, -0.25) is 0 Å². The van der Waals surface area contributed by atoms with E-state index in [1.807, 2.05) is 0 Å². The molecule has 1 saturated carbocycles. The summed E-state index contributed by atoms with van der Waals surface area (Å²) in [6.45, 7) is 11.3. The quantitative estimate of drug-likeness (QED) is 0.392. The Hall–Kier alpha value is -1.16. The van der Waals surface area contributed by atoms with E-state index in [1.165, 1.54) is 7.11 Å². The third kappa shape index (κ3) is 4.57. The van der Waals surface area contributed by atoms with Crippen molar-refractivity contribution in [1.82, 2.24) is 0 Å². The topological polar surface area (TPSA) is 84.8 Å². The minimum atomic E-state index is -2.15. The standard InChI is InChI=1S/C17H31NO7Si/c1-17(2,3)26(6,7)25-14-11-9-23-18-12(11)8-13(22-10-20-4)15(14)24-16(19)21-5/h11,13-15H,8-10H2,1-7H3. The molecule has 0 saturated heterocycles. The van der Waals surface area contributed by atoms with E-state index in [2.05, 4.69) is 39.0 Å². The molecule has 0 amide bonds. The molecular formula is C17H31NO7Si. The van der Waals surface area contributed by atoms with Gasteiger partial charge in [-0.15, -0.1) is 0 Å². The molecule has 0 aromatic heterocycles. The van der Waals surface area contributed by atoms with Crippen LogP contribution in [0.1, 0.15) is 27.2 Å². The molecule has 0 spiro atoms. The molecule has 1 aliphatic carbocycles. The molecule has 9 heteroatoms. The predicted molar refractivity (Wildman–Crippen MR) is 97.6 cm³/mol.